The van der Waals surface area contributed by atoms with Crippen LogP contribution in [0.25, 0.3) is 0 Å². The van der Waals surface area contributed by atoms with Crippen molar-refractivity contribution >= 4 is 23.9 Å². The Hall–Kier alpha value is -5.59. The highest BCUT2D eigenvalue weighted by Crippen LogP contribution is 2.37. The van der Waals surface area contributed by atoms with Gasteiger partial charge in [0.1, 0.15) is 23.0 Å². The van der Waals surface area contributed by atoms with E-state index in [0.29, 0.717) is 50.4 Å². The molecule has 0 amide bonds. The molecule has 0 aromatic heterocycles. The van der Waals surface area contributed by atoms with Crippen molar-refractivity contribution in [3.63, 3.8) is 0 Å². The number of unbranched alkanes of at least 4 members (excludes halogenated alkanes) is 6. The third kappa shape index (κ3) is 14.7. The van der Waals surface area contributed by atoms with Crippen LogP contribution in [0, 0.1) is 0 Å². The third-order valence-electron chi connectivity index (χ3n) is 7.28. The normalized spacial score (nSPS) is 10.8. The number of benzene rings is 3. The van der Waals surface area contributed by atoms with E-state index in [-0.39, 0.29) is 11.3 Å². The number of carbonyl (C=O) groups excluding carboxylic acids is 4. The summed E-state index contributed by atoms with van der Waals surface area (Å²) in [6, 6.07) is 14.3. The van der Waals surface area contributed by atoms with Crippen LogP contribution >= 0.6 is 0 Å². The number of rotatable bonds is 22. The molecule has 0 heterocycles. The summed E-state index contributed by atoms with van der Waals surface area (Å²) < 4.78 is 73.4. The lowest BCUT2D eigenvalue weighted by Crippen LogP contribution is -2.16. The fourth-order valence-electron chi connectivity index (χ4n) is 4.54. The largest absolute Gasteiger partial charge is 0.494 e. The molecule has 0 aliphatic carbocycles. The molecule has 3 aromatic rings. The summed E-state index contributed by atoms with van der Waals surface area (Å²) >= 11 is 0. The average molecular weight is 727 g/mol. The van der Waals surface area contributed by atoms with Gasteiger partial charge in [-0.1, -0.05) is 13.2 Å². The van der Waals surface area contributed by atoms with Crippen molar-refractivity contribution < 1.29 is 60.8 Å². The van der Waals surface area contributed by atoms with Gasteiger partial charge in [-0.2, -0.15) is 13.2 Å². The van der Waals surface area contributed by atoms with Crippen molar-refractivity contribution in [2.45, 2.75) is 57.5 Å². The number of esters is 4. The van der Waals surface area contributed by atoms with Crippen LogP contribution in [0.4, 0.5) is 13.2 Å². The number of carbonyl (C=O) groups is 4. The first-order valence-corrected chi connectivity index (χ1v) is 16.7. The van der Waals surface area contributed by atoms with Gasteiger partial charge in [0.15, 0.2) is 0 Å². The minimum Gasteiger partial charge on any atom is -0.494 e. The van der Waals surface area contributed by atoms with Gasteiger partial charge in [0.05, 0.1) is 43.1 Å². The lowest BCUT2D eigenvalue weighted by atomic mass is 10.1. The first-order valence-electron chi connectivity index (χ1n) is 16.7. The molecule has 0 N–H and O–H groups in total. The summed E-state index contributed by atoms with van der Waals surface area (Å²) in [4.78, 5) is 47.5. The Kier molecular flexibility index (Phi) is 17.0. The molecule has 0 atom stereocenters. The Labute approximate surface area is 300 Å². The molecule has 278 valence electrons. The maximum atomic E-state index is 14.0. The van der Waals surface area contributed by atoms with E-state index < -0.39 is 46.9 Å². The van der Waals surface area contributed by atoms with Gasteiger partial charge in [0.25, 0.3) is 0 Å². The zero-order valence-corrected chi connectivity index (χ0v) is 28.6. The number of halogens is 3. The van der Waals surface area contributed by atoms with Gasteiger partial charge < -0.3 is 28.4 Å². The summed E-state index contributed by atoms with van der Waals surface area (Å²) in [7, 11) is 0. The molecule has 0 radical (unpaired) electrons. The first kappa shape index (κ1) is 40.8. The van der Waals surface area contributed by atoms with E-state index in [1.807, 2.05) is 0 Å². The van der Waals surface area contributed by atoms with Crippen LogP contribution < -0.4 is 18.9 Å². The van der Waals surface area contributed by atoms with Gasteiger partial charge >= 0.3 is 30.1 Å². The number of hydrogen-bond acceptors (Lipinski definition) is 10. The Morgan fingerprint density at radius 2 is 0.962 bits per heavy atom. The number of hydrogen-bond donors (Lipinski definition) is 0. The first-order chi connectivity index (χ1) is 25.0. The summed E-state index contributed by atoms with van der Waals surface area (Å²) in [6.45, 7) is 8.15. The van der Waals surface area contributed by atoms with E-state index in [2.05, 4.69) is 13.2 Å². The molecular formula is C39H41F3O10. The summed E-state index contributed by atoms with van der Waals surface area (Å²) in [5, 5.41) is 0. The second-order valence-electron chi connectivity index (χ2n) is 11.3. The Bertz CT molecular complexity index is 1630. The molecule has 13 heteroatoms. The molecule has 0 spiro atoms. The van der Waals surface area contributed by atoms with Crippen molar-refractivity contribution in [2.24, 2.45) is 0 Å². The molecule has 0 aliphatic rings. The summed E-state index contributed by atoms with van der Waals surface area (Å²) in [5.74, 6) is -2.68. The van der Waals surface area contributed by atoms with Crippen molar-refractivity contribution in [1.82, 2.24) is 0 Å². The maximum Gasteiger partial charge on any atom is 0.420 e. The van der Waals surface area contributed by atoms with Gasteiger partial charge in [-0.15, -0.1) is 0 Å². The van der Waals surface area contributed by atoms with Crippen LogP contribution in [0.15, 0.2) is 92.0 Å². The monoisotopic (exact) mass is 726 g/mol. The quantitative estimate of drug-likeness (QED) is 0.0431. The second-order valence-corrected chi connectivity index (χ2v) is 11.3. The molecule has 3 aromatic carbocycles. The highest BCUT2D eigenvalue weighted by molar-refractivity contribution is 5.93. The lowest BCUT2D eigenvalue weighted by Gasteiger charge is -2.14. The minimum absolute atomic E-state index is 0.00536. The molecule has 0 saturated heterocycles. The highest BCUT2D eigenvalue weighted by atomic mass is 19.4. The summed E-state index contributed by atoms with van der Waals surface area (Å²) in [6.07, 6.45) is 3.64. The zero-order valence-electron chi connectivity index (χ0n) is 28.6. The van der Waals surface area contributed by atoms with Gasteiger partial charge in [0, 0.05) is 12.2 Å². The van der Waals surface area contributed by atoms with Gasteiger partial charge in [-0.05, 0) is 118 Å². The molecule has 0 fully saturated rings. The fraction of sp³-hybridized carbons (Fsp3) is 0.333. The maximum absolute atomic E-state index is 14.0. The Balaban J connectivity index is 1.46. The van der Waals surface area contributed by atoms with Crippen LogP contribution in [0.3, 0.4) is 0 Å². The van der Waals surface area contributed by atoms with Gasteiger partial charge in [-0.25, -0.2) is 19.2 Å². The molecule has 0 unspecified atom stereocenters. The van der Waals surface area contributed by atoms with Gasteiger partial charge in [-0.3, -0.25) is 0 Å². The second kappa shape index (κ2) is 21.6. The molecule has 10 nitrogen and oxygen atoms in total. The van der Waals surface area contributed by atoms with Crippen LogP contribution in [0.2, 0.25) is 0 Å². The van der Waals surface area contributed by atoms with Crippen molar-refractivity contribution in [3.05, 3.63) is 109 Å². The molecule has 52 heavy (non-hydrogen) atoms. The molecule has 0 saturated carbocycles. The lowest BCUT2D eigenvalue weighted by molar-refractivity contribution is -0.139. The predicted octanol–water partition coefficient (Wildman–Crippen LogP) is 8.48. The van der Waals surface area contributed by atoms with E-state index in [1.54, 1.807) is 12.1 Å². The van der Waals surface area contributed by atoms with Crippen LogP contribution in [0.5, 0.6) is 23.0 Å². The van der Waals surface area contributed by atoms with E-state index in [1.165, 1.54) is 36.4 Å². The van der Waals surface area contributed by atoms with E-state index in [0.717, 1.165) is 69.2 Å². The molecule has 0 aliphatic heterocycles. The van der Waals surface area contributed by atoms with Crippen LogP contribution in [-0.4, -0.2) is 50.3 Å². The van der Waals surface area contributed by atoms with Crippen LogP contribution in [-0.2, 0) is 25.2 Å². The molecule has 3 rings (SSSR count). The smallest absolute Gasteiger partial charge is 0.420 e. The zero-order chi connectivity index (χ0) is 37.8. The molecule has 0 bridgehead atoms. The SMILES string of the molecule is C=CC(=O)OCCCCCCOc1ccc(OC(=O)c2ccc(OC(=O)c3ccc(OCCCCCCOC(=O)C=C)cc3)c(C(F)(F)F)c2)cc1. The van der Waals surface area contributed by atoms with E-state index in [9.17, 15) is 32.3 Å². The van der Waals surface area contributed by atoms with Crippen molar-refractivity contribution in [1.29, 1.82) is 0 Å². The van der Waals surface area contributed by atoms with Crippen molar-refractivity contribution in [2.75, 3.05) is 26.4 Å². The Morgan fingerprint density at radius 1 is 0.538 bits per heavy atom. The topological polar surface area (TPSA) is 124 Å². The van der Waals surface area contributed by atoms with Gasteiger partial charge in [0.2, 0.25) is 0 Å². The third-order valence-corrected chi connectivity index (χ3v) is 7.28. The number of ether oxygens (including phenoxy) is 6. The minimum atomic E-state index is -4.95. The Morgan fingerprint density at radius 3 is 1.44 bits per heavy atom. The van der Waals surface area contributed by atoms with Crippen LogP contribution in [0.1, 0.15) is 77.6 Å². The van der Waals surface area contributed by atoms with Crippen molar-refractivity contribution in [3.8, 4) is 23.0 Å². The van der Waals surface area contributed by atoms with E-state index >= 15 is 0 Å². The predicted molar refractivity (Wildman–Crippen MR) is 184 cm³/mol. The average Bonchev–Trinajstić information content (AvgIpc) is 3.14. The number of alkyl halides is 3. The summed E-state index contributed by atoms with van der Waals surface area (Å²) in [5.41, 5.74) is -1.73. The standard InChI is InChI=1S/C39H41F3O10/c1-3-35(43)49-25-11-7-5-9-23-47-30-16-13-28(14-17-30)37(45)52-34-22-15-29(27-33(34)39(40,41)42)38(46)51-32-20-18-31(19-21-32)48-24-10-6-8-12-26-50-36(44)4-2/h3-4,13-22,27H,1-2,5-12,23-26H2. The fourth-order valence-corrected chi connectivity index (χ4v) is 4.54. The van der Waals surface area contributed by atoms with E-state index in [4.69, 9.17) is 28.4 Å². The molecular weight excluding hydrogens is 685 g/mol. The highest BCUT2D eigenvalue weighted by Gasteiger charge is 2.36.